The first-order chi connectivity index (χ1) is 11.3. The van der Waals surface area contributed by atoms with E-state index in [1.54, 1.807) is 26.0 Å². The molecule has 0 spiro atoms. The molecule has 1 atom stereocenters. The molecule has 0 aliphatic heterocycles. The molecule has 0 bridgehead atoms. The van der Waals surface area contributed by atoms with E-state index in [1.165, 1.54) is 0 Å². The molecular formula is C17H24N2O5. The van der Waals surface area contributed by atoms with Gasteiger partial charge in [-0.05, 0) is 49.1 Å². The van der Waals surface area contributed by atoms with Gasteiger partial charge in [-0.3, -0.25) is 4.79 Å². The van der Waals surface area contributed by atoms with E-state index in [4.69, 9.17) is 10.5 Å². The number of nitrogens with two attached hydrogens (primary N) is 1. The van der Waals surface area contributed by atoms with Crippen LogP contribution in [0.3, 0.4) is 0 Å². The largest absolute Gasteiger partial charge is 0.480 e. The lowest BCUT2D eigenvalue weighted by Gasteiger charge is -2.18. The number of carbonyl (C=O) groups is 3. The zero-order chi connectivity index (χ0) is 18.3. The van der Waals surface area contributed by atoms with Gasteiger partial charge in [0.05, 0.1) is 6.61 Å². The number of aryl methyl sites for hydroxylation is 2. The van der Waals surface area contributed by atoms with Crippen molar-refractivity contribution in [1.82, 2.24) is 5.32 Å². The van der Waals surface area contributed by atoms with Crippen LogP contribution in [0.4, 0.5) is 4.79 Å². The van der Waals surface area contributed by atoms with Gasteiger partial charge in [-0.2, -0.15) is 0 Å². The van der Waals surface area contributed by atoms with E-state index in [2.05, 4.69) is 5.32 Å². The fraction of sp³-hybridized carbons (Fsp3) is 0.471. The first-order valence-corrected chi connectivity index (χ1v) is 7.82. The second kappa shape index (κ2) is 8.90. The van der Waals surface area contributed by atoms with Crippen LogP contribution in [0.2, 0.25) is 0 Å². The summed E-state index contributed by atoms with van der Waals surface area (Å²) in [6, 6.07) is 2.11. The molecule has 0 aliphatic carbocycles. The molecule has 132 valence electrons. The van der Waals surface area contributed by atoms with E-state index >= 15 is 0 Å². The summed E-state index contributed by atoms with van der Waals surface area (Å²) in [4.78, 5) is 34.4. The fourth-order valence-electron chi connectivity index (χ4n) is 2.35. The summed E-state index contributed by atoms with van der Waals surface area (Å²) in [5.74, 6) is -1.69. The Morgan fingerprint density at radius 3 is 2.29 bits per heavy atom. The number of rotatable bonds is 8. The van der Waals surface area contributed by atoms with Crippen molar-refractivity contribution in [2.75, 3.05) is 6.61 Å². The van der Waals surface area contributed by atoms with Crippen LogP contribution < -0.4 is 11.1 Å². The summed E-state index contributed by atoms with van der Waals surface area (Å²) in [5.41, 5.74) is 7.88. The minimum absolute atomic E-state index is 0.0922. The highest BCUT2D eigenvalue weighted by molar-refractivity contribution is 5.93. The first kappa shape index (κ1) is 19.5. The van der Waals surface area contributed by atoms with Gasteiger partial charge in [-0.25, -0.2) is 9.59 Å². The van der Waals surface area contributed by atoms with Gasteiger partial charge in [0.2, 0.25) is 5.91 Å². The summed E-state index contributed by atoms with van der Waals surface area (Å²) in [6.45, 7) is 5.75. The van der Waals surface area contributed by atoms with Crippen molar-refractivity contribution in [3.8, 4) is 0 Å². The number of carbonyl (C=O) groups excluding carboxylic acids is 2. The quantitative estimate of drug-likeness (QED) is 0.627. The summed E-state index contributed by atoms with van der Waals surface area (Å²) >= 11 is 0. The van der Waals surface area contributed by atoms with Crippen molar-refractivity contribution in [2.45, 2.75) is 46.1 Å². The van der Waals surface area contributed by atoms with Crippen LogP contribution in [0.25, 0.3) is 0 Å². The number of alkyl carbamates (subject to hydrolysis) is 1. The van der Waals surface area contributed by atoms with Crippen molar-refractivity contribution in [1.29, 1.82) is 0 Å². The Balaban J connectivity index is 2.88. The number of amides is 2. The molecule has 2 amide bonds. The Morgan fingerprint density at radius 2 is 1.83 bits per heavy atom. The van der Waals surface area contributed by atoms with Crippen LogP contribution in [0, 0.1) is 13.8 Å². The number of carboxylic acids is 1. The molecule has 7 nitrogen and oxygen atoms in total. The predicted molar refractivity (Wildman–Crippen MR) is 89.0 cm³/mol. The normalized spacial score (nSPS) is 11.6. The third-order valence-electron chi connectivity index (χ3n) is 3.71. The molecule has 0 heterocycles. The number of nitrogens with one attached hydrogen (secondary N) is 1. The van der Waals surface area contributed by atoms with Crippen LogP contribution in [0.15, 0.2) is 12.1 Å². The van der Waals surface area contributed by atoms with E-state index < -0.39 is 24.0 Å². The summed E-state index contributed by atoms with van der Waals surface area (Å²) in [5, 5.41) is 11.7. The third kappa shape index (κ3) is 5.57. The Labute approximate surface area is 141 Å². The SMILES string of the molecule is CCCCOC(=O)NC(Cc1c(C)cc(C(N)=O)cc1C)C(=O)O. The lowest BCUT2D eigenvalue weighted by Crippen LogP contribution is -2.43. The molecule has 1 aromatic carbocycles. The number of aliphatic carboxylic acids is 1. The van der Waals surface area contributed by atoms with E-state index in [1.807, 2.05) is 6.92 Å². The van der Waals surface area contributed by atoms with Crippen LogP contribution in [-0.4, -0.2) is 35.7 Å². The molecule has 24 heavy (non-hydrogen) atoms. The van der Waals surface area contributed by atoms with Crippen molar-refractivity contribution in [2.24, 2.45) is 5.73 Å². The number of unbranched alkanes of at least 4 members (excludes halogenated alkanes) is 1. The van der Waals surface area contributed by atoms with Crippen molar-refractivity contribution >= 4 is 18.0 Å². The van der Waals surface area contributed by atoms with Gasteiger partial charge >= 0.3 is 12.1 Å². The van der Waals surface area contributed by atoms with Crippen LogP contribution in [0.5, 0.6) is 0 Å². The highest BCUT2D eigenvalue weighted by atomic mass is 16.5. The molecule has 0 saturated heterocycles. The van der Waals surface area contributed by atoms with Crippen LogP contribution >= 0.6 is 0 Å². The van der Waals surface area contributed by atoms with Crippen molar-refractivity contribution in [3.05, 3.63) is 34.4 Å². The van der Waals surface area contributed by atoms with E-state index in [-0.39, 0.29) is 13.0 Å². The molecule has 0 saturated carbocycles. The Hall–Kier alpha value is -2.57. The maximum Gasteiger partial charge on any atom is 0.407 e. The van der Waals surface area contributed by atoms with Gasteiger partial charge in [0.25, 0.3) is 0 Å². The number of carboxylic acid groups (broad SMARTS) is 1. The van der Waals surface area contributed by atoms with Gasteiger partial charge in [0.15, 0.2) is 0 Å². The van der Waals surface area contributed by atoms with Gasteiger partial charge < -0.3 is 20.9 Å². The zero-order valence-electron chi connectivity index (χ0n) is 14.2. The van der Waals surface area contributed by atoms with E-state index in [9.17, 15) is 19.5 Å². The van der Waals surface area contributed by atoms with Crippen molar-refractivity contribution < 1.29 is 24.2 Å². The number of hydrogen-bond acceptors (Lipinski definition) is 4. The average Bonchev–Trinajstić information content (AvgIpc) is 2.49. The zero-order valence-corrected chi connectivity index (χ0v) is 14.2. The Kier molecular flexibility index (Phi) is 7.23. The molecule has 0 radical (unpaired) electrons. The van der Waals surface area contributed by atoms with Gasteiger partial charge in [-0.1, -0.05) is 13.3 Å². The van der Waals surface area contributed by atoms with Gasteiger partial charge in [0.1, 0.15) is 6.04 Å². The standard InChI is InChI=1S/C17H24N2O5/c1-4-5-6-24-17(23)19-14(16(21)22)9-13-10(2)7-12(15(18)20)8-11(13)3/h7-8,14H,4-6,9H2,1-3H3,(H2,18,20)(H,19,23)(H,21,22). The lowest BCUT2D eigenvalue weighted by atomic mass is 9.94. The first-order valence-electron chi connectivity index (χ1n) is 7.82. The lowest BCUT2D eigenvalue weighted by molar-refractivity contribution is -0.139. The maximum absolute atomic E-state index is 11.7. The smallest absolute Gasteiger partial charge is 0.407 e. The molecule has 7 heteroatoms. The summed E-state index contributed by atoms with van der Waals surface area (Å²) in [6.07, 6.45) is 0.938. The topological polar surface area (TPSA) is 119 Å². The summed E-state index contributed by atoms with van der Waals surface area (Å²) < 4.78 is 4.94. The minimum Gasteiger partial charge on any atom is -0.480 e. The van der Waals surface area contributed by atoms with E-state index in [0.717, 1.165) is 29.5 Å². The number of ether oxygens (including phenoxy) is 1. The molecule has 4 N–H and O–H groups in total. The van der Waals surface area contributed by atoms with Gasteiger partial charge in [-0.15, -0.1) is 0 Å². The highest BCUT2D eigenvalue weighted by Crippen LogP contribution is 2.18. The van der Waals surface area contributed by atoms with E-state index in [0.29, 0.717) is 5.56 Å². The highest BCUT2D eigenvalue weighted by Gasteiger charge is 2.23. The second-order valence-electron chi connectivity index (χ2n) is 5.68. The number of benzene rings is 1. The number of primary amides is 1. The molecule has 0 fully saturated rings. The summed E-state index contributed by atoms with van der Waals surface area (Å²) in [7, 11) is 0. The second-order valence-corrected chi connectivity index (χ2v) is 5.68. The fourth-order valence-corrected chi connectivity index (χ4v) is 2.35. The third-order valence-corrected chi connectivity index (χ3v) is 3.71. The molecule has 0 aliphatic rings. The maximum atomic E-state index is 11.7. The number of hydrogen-bond donors (Lipinski definition) is 3. The van der Waals surface area contributed by atoms with Gasteiger partial charge in [0, 0.05) is 12.0 Å². The molecule has 1 unspecified atom stereocenters. The van der Waals surface area contributed by atoms with Crippen LogP contribution in [0.1, 0.15) is 46.8 Å². The molecule has 0 aromatic heterocycles. The van der Waals surface area contributed by atoms with Crippen LogP contribution in [-0.2, 0) is 16.0 Å². The molecule has 1 rings (SSSR count). The monoisotopic (exact) mass is 336 g/mol. The molecule has 1 aromatic rings. The molecular weight excluding hydrogens is 312 g/mol. The minimum atomic E-state index is -1.15. The van der Waals surface area contributed by atoms with Crippen molar-refractivity contribution in [3.63, 3.8) is 0 Å². The average molecular weight is 336 g/mol. The Bertz CT molecular complexity index is 604. The predicted octanol–water partition coefficient (Wildman–Crippen LogP) is 1.92. The Morgan fingerprint density at radius 1 is 1.25 bits per heavy atom.